The molecule has 2 fully saturated rings. The molecule has 1 saturated carbocycles. The average molecular weight is 302 g/mol. The summed E-state index contributed by atoms with van der Waals surface area (Å²) in [6.07, 6.45) is 5.93. The fourth-order valence-corrected chi connectivity index (χ4v) is 4.00. The Bertz CT molecular complexity index is 385. The molecule has 6 nitrogen and oxygen atoms in total. The van der Waals surface area contributed by atoms with Crippen molar-refractivity contribution in [3.63, 3.8) is 0 Å². The molecule has 0 unspecified atom stereocenters. The number of aliphatic hydroxyl groups excluding tert-OH is 1. The minimum Gasteiger partial charge on any atom is -0.480 e. The second-order valence-corrected chi connectivity index (χ2v) is 6.92. The number of hydrogen-bond donors (Lipinski definition) is 3. The Hall–Kier alpha value is -0.950. The first-order chi connectivity index (χ1) is 9.47. The third-order valence-corrected chi connectivity index (χ3v) is 5.75. The van der Waals surface area contributed by atoms with Gasteiger partial charge in [-0.05, 0) is 19.1 Å². The van der Waals surface area contributed by atoms with Crippen LogP contribution >= 0.6 is 11.8 Å². The highest BCUT2D eigenvalue weighted by Gasteiger charge is 2.40. The molecule has 0 spiro atoms. The highest BCUT2D eigenvalue weighted by Crippen LogP contribution is 2.39. The number of thioether (sulfide) groups is 1. The first kappa shape index (κ1) is 15.4. The molecule has 0 aromatic heterocycles. The van der Waals surface area contributed by atoms with Crippen LogP contribution in [-0.2, 0) is 4.79 Å². The van der Waals surface area contributed by atoms with Crippen molar-refractivity contribution in [1.29, 1.82) is 0 Å². The van der Waals surface area contributed by atoms with Gasteiger partial charge < -0.3 is 20.4 Å². The molecule has 1 saturated heterocycles. The lowest BCUT2D eigenvalue weighted by atomic mass is 10.1. The highest BCUT2D eigenvalue weighted by atomic mass is 32.2. The smallest absolute Gasteiger partial charge is 0.326 e. The Balaban J connectivity index is 1.92. The van der Waals surface area contributed by atoms with E-state index in [1.54, 1.807) is 11.8 Å². The predicted molar refractivity (Wildman–Crippen MR) is 76.9 cm³/mol. The number of rotatable bonds is 4. The molecule has 1 aliphatic carbocycles. The Morgan fingerprint density at radius 2 is 2.05 bits per heavy atom. The molecule has 0 aromatic carbocycles. The largest absolute Gasteiger partial charge is 0.480 e. The molecule has 2 atom stereocenters. The maximum atomic E-state index is 12.2. The molecule has 2 amide bonds. The molecule has 0 aromatic rings. The van der Waals surface area contributed by atoms with Gasteiger partial charge in [-0.15, -0.1) is 0 Å². The van der Waals surface area contributed by atoms with Crippen molar-refractivity contribution in [2.45, 2.75) is 49.0 Å². The van der Waals surface area contributed by atoms with E-state index in [1.807, 2.05) is 0 Å². The summed E-state index contributed by atoms with van der Waals surface area (Å²) in [5.74, 6) is -1.06. The molecule has 7 heteroatoms. The van der Waals surface area contributed by atoms with Crippen LogP contribution < -0.4 is 5.32 Å². The number of urea groups is 1. The number of aliphatic carboxylic acids is 1. The monoisotopic (exact) mass is 302 g/mol. The van der Waals surface area contributed by atoms with Crippen molar-refractivity contribution in [3.05, 3.63) is 0 Å². The number of carboxylic acids is 1. The first-order valence-corrected chi connectivity index (χ1v) is 8.20. The van der Waals surface area contributed by atoms with Crippen LogP contribution in [0.25, 0.3) is 0 Å². The zero-order valence-corrected chi connectivity index (χ0v) is 12.5. The van der Waals surface area contributed by atoms with Crippen LogP contribution in [0, 0.1) is 0 Å². The fourth-order valence-electron chi connectivity index (χ4n) is 3.08. The van der Waals surface area contributed by atoms with Crippen LogP contribution in [0.1, 0.15) is 32.1 Å². The van der Waals surface area contributed by atoms with E-state index in [-0.39, 0.29) is 23.7 Å². The molecular weight excluding hydrogens is 280 g/mol. The molecule has 114 valence electrons. The summed E-state index contributed by atoms with van der Waals surface area (Å²) in [6, 6.07) is -1.30. The minimum absolute atomic E-state index is 0.0900. The third-order valence-electron chi connectivity index (χ3n) is 4.33. The van der Waals surface area contributed by atoms with E-state index in [9.17, 15) is 14.7 Å². The number of β-amino-alcohol motifs (C(OH)–C–C–N with tert-alkyl or cyclic N) is 1. The Morgan fingerprint density at radius 3 is 2.60 bits per heavy atom. The minimum atomic E-state index is -1.06. The molecule has 20 heavy (non-hydrogen) atoms. The molecule has 0 bridgehead atoms. The summed E-state index contributed by atoms with van der Waals surface area (Å²) in [7, 11) is 0. The Morgan fingerprint density at radius 1 is 1.40 bits per heavy atom. The Labute approximate surface area is 122 Å². The van der Waals surface area contributed by atoms with Crippen LogP contribution in [0.15, 0.2) is 0 Å². The van der Waals surface area contributed by atoms with E-state index in [1.165, 1.54) is 17.7 Å². The van der Waals surface area contributed by atoms with E-state index in [2.05, 4.69) is 11.6 Å². The molecule has 2 aliphatic rings. The Kier molecular flexibility index (Phi) is 4.80. The lowest BCUT2D eigenvalue weighted by molar-refractivity contribution is -0.141. The molecule has 3 N–H and O–H groups in total. The average Bonchev–Trinajstić information content (AvgIpc) is 3.03. The van der Waals surface area contributed by atoms with Gasteiger partial charge in [-0.1, -0.05) is 12.8 Å². The number of amides is 2. The SMILES string of the molecule is CSC1(CNC(=O)N2C[C@H](O)C[C@H]2C(=O)O)CCCC1. The van der Waals surface area contributed by atoms with Crippen LogP contribution in [0.3, 0.4) is 0 Å². The standard InChI is InChI=1S/C13H22N2O4S/c1-20-13(4-2-3-5-13)8-14-12(19)15-7-9(16)6-10(15)11(17)18/h9-10,16H,2-8H2,1H3,(H,14,19)(H,17,18)/t9-,10+/m1/s1. The second-order valence-electron chi connectivity index (χ2n) is 5.65. The normalized spacial score (nSPS) is 28.6. The lowest BCUT2D eigenvalue weighted by Crippen LogP contribution is -2.49. The number of likely N-dealkylation sites (tertiary alicyclic amines) is 1. The molecular formula is C13H22N2O4S. The van der Waals surface area contributed by atoms with Gasteiger partial charge >= 0.3 is 12.0 Å². The predicted octanol–water partition coefficient (Wildman–Crippen LogP) is 0.892. The summed E-state index contributed by atoms with van der Waals surface area (Å²) in [5.41, 5.74) is 0. The van der Waals surface area contributed by atoms with E-state index < -0.39 is 18.1 Å². The highest BCUT2D eigenvalue weighted by molar-refractivity contribution is 8.00. The quantitative estimate of drug-likeness (QED) is 0.717. The zero-order valence-electron chi connectivity index (χ0n) is 11.7. The van der Waals surface area contributed by atoms with Gasteiger partial charge in [-0.25, -0.2) is 9.59 Å². The van der Waals surface area contributed by atoms with Crippen molar-refractivity contribution in [2.24, 2.45) is 0 Å². The number of hydrogen-bond acceptors (Lipinski definition) is 4. The van der Waals surface area contributed by atoms with Crippen LogP contribution in [-0.4, -0.2) is 63.4 Å². The van der Waals surface area contributed by atoms with E-state index >= 15 is 0 Å². The topological polar surface area (TPSA) is 89.9 Å². The van der Waals surface area contributed by atoms with E-state index in [0.29, 0.717) is 6.54 Å². The zero-order chi connectivity index (χ0) is 14.8. The summed E-state index contributed by atoms with van der Waals surface area (Å²) in [4.78, 5) is 24.5. The molecule has 1 heterocycles. The third kappa shape index (κ3) is 3.20. The second kappa shape index (κ2) is 6.22. The van der Waals surface area contributed by atoms with Crippen molar-refractivity contribution >= 4 is 23.8 Å². The number of carboxylic acid groups (broad SMARTS) is 1. The van der Waals surface area contributed by atoms with E-state index in [0.717, 1.165) is 12.8 Å². The number of aliphatic hydroxyl groups is 1. The number of carbonyl (C=O) groups excluding carboxylic acids is 1. The lowest BCUT2D eigenvalue weighted by Gasteiger charge is -2.29. The van der Waals surface area contributed by atoms with Gasteiger partial charge in [-0.2, -0.15) is 11.8 Å². The van der Waals surface area contributed by atoms with Crippen LogP contribution in [0.5, 0.6) is 0 Å². The maximum Gasteiger partial charge on any atom is 0.326 e. The first-order valence-electron chi connectivity index (χ1n) is 6.98. The fraction of sp³-hybridized carbons (Fsp3) is 0.846. The summed E-state index contributed by atoms with van der Waals surface area (Å²) in [6.45, 7) is 0.654. The van der Waals surface area contributed by atoms with Crippen LogP contribution in [0.2, 0.25) is 0 Å². The van der Waals surface area contributed by atoms with Crippen molar-refractivity contribution in [2.75, 3.05) is 19.3 Å². The van der Waals surface area contributed by atoms with Gasteiger partial charge in [0.1, 0.15) is 6.04 Å². The van der Waals surface area contributed by atoms with Crippen molar-refractivity contribution in [3.8, 4) is 0 Å². The van der Waals surface area contributed by atoms with Gasteiger partial charge in [-0.3, -0.25) is 0 Å². The van der Waals surface area contributed by atoms with E-state index in [4.69, 9.17) is 5.11 Å². The molecule has 1 aliphatic heterocycles. The van der Waals surface area contributed by atoms with Gasteiger partial charge in [0.2, 0.25) is 0 Å². The van der Waals surface area contributed by atoms with Crippen molar-refractivity contribution in [1.82, 2.24) is 10.2 Å². The summed E-state index contributed by atoms with van der Waals surface area (Å²) >= 11 is 1.77. The van der Waals surface area contributed by atoms with Crippen LogP contribution in [0.4, 0.5) is 4.79 Å². The molecule has 2 rings (SSSR count). The van der Waals surface area contributed by atoms with Gasteiger partial charge in [0.05, 0.1) is 6.10 Å². The van der Waals surface area contributed by atoms with Gasteiger partial charge in [0, 0.05) is 24.3 Å². The number of nitrogens with one attached hydrogen (secondary N) is 1. The van der Waals surface area contributed by atoms with Gasteiger partial charge in [0.25, 0.3) is 0 Å². The van der Waals surface area contributed by atoms with Crippen molar-refractivity contribution < 1.29 is 19.8 Å². The molecule has 0 radical (unpaired) electrons. The number of carbonyl (C=O) groups is 2. The summed E-state index contributed by atoms with van der Waals surface area (Å²) < 4.78 is 0.0900. The summed E-state index contributed by atoms with van der Waals surface area (Å²) in [5, 5.41) is 21.5. The van der Waals surface area contributed by atoms with Gasteiger partial charge in [0.15, 0.2) is 0 Å². The number of nitrogens with zero attached hydrogens (tertiary/aromatic N) is 1. The maximum absolute atomic E-state index is 12.2.